The summed E-state index contributed by atoms with van der Waals surface area (Å²) < 4.78 is 13.6. The molecule has 0 bridgehead atoms. The lowest BCUT2D eigenvalue weighted by molar-refractivity contribution is 0.0214. The van der Waals surface area contributed by atoms with Gasteiger partial charge < -0.3 is 9.47 Å². The Balaban J connectivity index is 1.68. The molecule has 1 aliphatic heterocycles. The van der Waals surface area contributed by atoms with Crippen LogP contribution >= 0.6 is 11.6 Å². The number of ether oxygens (including phenoxy) is 2. The first-order valence-corrected chi connectivity index (χ1v) is 11.5. The lowest BCUT2D eigenvalue weighted by Crippen LogP contribution is -2.35. The lowest BCUT2D eigenvalue weighted by Gasteiger charge is -2.28. The SMILES string of the molecule is CCOC1CCC(c2nnc3n2-c2ccc(Cl)cc2CN(C(=O)OC(C)(C)C)C3)CC1. The molecule has 168 valence electrons. The standard InChI is InChI=1S/C23H31ClN4O3/c1-5-30-18-9-6-15(7-10-18)21-26-25-20-14-27(22(29)31-23(2,3)4)13-16-12-17(24)8-11-19(16)28(20)21/h8,11-12,15,18H,5-7,9-10,13-14H2,1-4H3. The van der Waals surface area contributed by atoms with Gasteiger partial charge in [0.1, 0.15) is 11.4 Å². The number of hydrogen-bond donors (Lipinski definition) is 0. The van der Waals surface area contributed by atoms with E-state index in [2.05, 4.69) is 14.8 Å². The maximum atomic E-state index is 12.9. The molecule has 0 N–H and O–H groups in total. The summed E-state index contributed by atoms with van der Waals surface area (Å²) in [6.07, 6.45) is 4.05. The predicted octanol–water partition coefficient (Wildman–Crippen LogP) is 5.23. The van der Waals surface area contributed by atoms with Crippen LogP contribution in [0.2, 0.25) is 5.02 Å². The monoisotopic (exact) mass is 446 g/mol. The second-order valence-corrected chi connectivity index (χ2v) is 9.78. The average Bonchev–Trinajstić information content (AvgIpc) is 3.03. The zero-order valence-corrected chi connectivity index (χ0v) is 19.5. The first-order chi connectivity index (χ1) is 14.7. The van der Waals surface area contributed by atoms with Crippen LogP contribution in [-0.4, -0.2) is 44.1 Å². The Bertz CT molecular complexity index is 945. The van der Waals surface area contributed by atoms with Crippen molar-refractivity contribution in [2.75, 3.05) is 6.61 Å². The number of fused-ring (bicyclic) bond motifs is 3. The molecule has 0 saturated heterocycles. The van der Waals surface area contributed by atoms with Crippen LogP contribution in [0.4, 0.5) is 4.79 Å². The van der Waals surface area contributed by atoms with Gasteiger partial charge in [-0.05, 0) is 77.1 Å². The fourth-order valence-electron chi connectivity index (χ4n) is 4.47. The molecule has 1 saturated carbocycles. The third-order valence-corrected chi connectivity index (χ3v) is 6.06. The maximum Gasteiger partial charge on any atom is 0.411 e. The molecular weight excluding hydrogens is 416 g/mol. The molecule has 1 aromatic heterocycles. The summed E-state index contributed by atoms with van der Waals surface area (Å²) in [4.78, 5) is 14.5. The van der Waals surface area contributed by atoms with Crippen LogP contribution in [0.5, 0.6) is 0 Å². The van der Waals surface area contributed by atoms with E-state index in [0.29, 0.717) is 30.1 Å². The van der Waals surface area contributed by atoms with Crippen LogP contribution in [0, 0.1) is 0 Å². The third-order valence-electron chi connectivity index (χ3n) is 5.82. The minimum atomic E-state index is -0.571. The number of nitrogens with zero attached hydrogens (tertiary/aromatic N) is 4. The van der Waals surface area contributed by atoms with Crippen molar-refractivity contribution in [2.24, 2.45) is 0 Å². The van der Waals surface area contributed by atoms with E-state index in [0.717, 1.165) is 55.2 Å². The van der Waals surface area contributed by atoms with E-state index in [1.807, 2.05) is 45.9 Å². The highest BCUT2D eigenvalue weighted by Crippen LogP contribution is 2.37. The van der Waals surface area contributed by atoms with Crippen molar-refractivity contribution < 1.29 is 14.3 Å². The topological polar surface area (TPSA) is 69.5 Å². The highest BCUT2D eigenvalue weighted by Gasteiger charge is 2.33. The summed E-state index contributed by atoms with van der Waals surface area (Å²) in [5, 5.41) is 9.72. The minimum absolute atomic E-state index is 0.314. The van der Waals surface area contributed by atoms with Gasteiger partial charge in [-0.25, -0.2) is 4.79 Å². The van der Waals surface area contributed by atoms with Crippen molar-refractivity contribution >= 4 is 17.7 Å². The molecule has 1 fully saturated rings. The molecule has 1 aromatic carbocycles. The Morgan fingerprint density at radius 3 is 2.58 bits per heavy atom. The molecule has 0 spiro atoms. The zero-order valence-electron chi connectivity index (χ0n) is 18.7. The van der Waals surface area contributed by atoms with Crippen LogP contribution in [0.1, 0.15) is 76.5 Å². The number of amides is 1. The fourth-order valence-corrected chi connectivity index (χ4v) is 4.66. The van der Waals surface area contributed by atoms with Gasteiger partial charge in [-0.2, -0.15) is 0 Å². The Kier molecular flexibility index (Phi) is 6.26. The van der Waals surface area contributed by atoms with E-state index in [-0.39, 0.29) is 6.09 Å². The Morgan fingerprint density at radius 2 is 1.90 bits per heavy atom. The van der Waals surface area contributed by atoms with E-state index in [1.54, 1.807) is 4.90 Å². The summed E-state index contributed by atoms with van der Waals surface area (Å²) in [5.74, 6) is 2.02. The highest BCUT2D eigenvalue weighted by atomic mass is 35.5. The van der Waals surface area contributed by atoms with Gasteiger partial charge in [-0.3, -0.25) is 9.47 Å². The van der Waals surface area contributed by atoms with E-state index in [9.17, 15) is 4.79 Å². The Morgan fingerprint density at radius 1 is 1.16 bits per heavy atom. The molecule has 7 nitrogen and oxygen atoms in total. The van der Waals surface area contributed by atoms with Gasteiger partial charge in [-0.15, -0.1) is 10.2 Å². The van der Waals surface area contributed by atoms with Crippen LogP contribution in [0.25, 0.3) is 5.69 Å². The second kappa shape index (κ2) is 8.79. The maximum absolute atomic E-state index is 12.9. The van der Waals surface area contributed by atoms with Crippen molar-refractivity contribution in [3.05, 3.63) is 40.4 Å². The van der Waals surface area contributed by atoms with Gasteiger partial charge in [0.25, 0.3) is 0 Å². The van der Waals surface area contributed by atoms with Gasteiger partial charge in [0.2, 0.25) is 0 Å². The smallest absolute Gasteiger partial charge is 0.411 e. The Labute approximate surface area is 188 Å². The van der Waals surface area contributed by atoms with Gasteiger partial charge in [0.15, 0.2) is 5.82 Å². The largest absolute Gasteiger partial charge is 0.444 e. The summed E-state index contributed by atoms with van der Waals surface area (Å²) in [7, 11) is 0. The van der Waals surface area contributed by atoms with Gasteiger partial charge in [-0.1, -0.05) is 11.6 Å². The molecule has 0 radical (unpaired) electrons. The second-order valence-electron chi connectivity index (χ2n) is 9.35. The summed E-state index contributed by atoms with van der Waals surface area (Å²) in [6, 6.07) is 5.79. The number of carbonyl (C=O) groups excluding carboxylic acids is 1. The first kappa shape index (κ1) is 22.1. The molecule has 1 aliphatic carbocycles. The molecule has 2 heterocycles. The highest BCUT2D eigenvalue weighted by molar-refractivity contribution is 6.30. The van der Waals surface area contributed by atoms with E-state index in [1.165, 1.54) is 0 Å². The summed E-state index contributed by atoms with van der Waals surface area (Å²) in [5.41, 5.74) is 1.37. The molecule has 0 unspecified atom stereocenters. The quantitative estimate of drug-likeness (QED) is 0.645. The third kappa shape index (κ3) is 4.88. The number of aromatic nitrogens is 3. The molecule has 2 aliphatic rings. The molecule has 1 amide bonds. The van der Waals surface area contributed by atoms with Crippen molar-refractivity contribution in [1.82, 2.24) is 19.7 Å². The molecule has 8 heteroatoms. The van der Waals surface area contributed by atoms with Crippen molar-refractivity contribution in [2.45, 2.75) is 84.1 Å². The summed E-state index contributed by atoms with van der Waals surface area (Å²) >= 11 is 6.31. The van der Waals surface area contributed by atoms with E-state index in [4.69, 9.17) is 21.1 Å². The zero-order chi connectivity index (χ0) is 22.2. The summed E-state index contributed by atoms with van der Waals surface area (Å²) in [6.45, 7) is 9.15. The lowest BCUT2D eigenvalue weighted by atomic mass is 9.86. The number of carbonyl (C=O) groups is 1. The molecule has 31 heavy (non-hydrogen) atoms. The van der Waals surface area contributed by atoms with Crippen LogP contribution < -0.4 is 0 Å². The number of halogens is 1. The molecular formula is C23H31ClN4O3. The van der Waals surface area contributed by atoms with Crippen LogP contribution in [0.15, 0.2) is 18.2 Å². The van der Waals surface area contributed by atoms with Crippen LogP contribution in [0.3, 0.4) is 0 Å². The van der Waals surface area contributed by atoms with Gasteiger partial charge >= 0.3 is 6.09 Å². The van der Waals surface area contributed by atoms with Crippen molar-refractivity contribution in [3.63, 3.8) is 0 Å². The number of benzene rings is 1. The molecule has 2 aromatic rings. The first-order valence-electron chi connectivity index (χ1n) is 11.1. The predicted molar refractivity (Wildman–Crippen MR) is 118 cm³/mol. The van der Waals surface area contributed by atoms with Crippen molar-refractivity contribution in [3.8, 4) is 5.69 Å². The molecule has 0 atom stereocenters. The normalized spacial score (nSPS) is 21.3. The van der Waals surface area contributed by atoms with Crippen molar-refractivity contribution in [1.29, 1.82) is 0 Å². The van der Waals surface area contributed by atoms with Gasteiger partial charge in [0.05, 0.1) is 24.9 Å². The van der Waals surface area contributed by atoms with E-state index >= 15 is 0 Å². The van der Waals surface area contributed by atoms with Crippen LogP contribution in [-0.2, 0) is 22.6 Å². The number of rotatable bonds is 3. The average molecular weight is 447 g/mol. The van der Waals surface area contributed by atoms with Gasteiger partial charge in [0, 0.05) is 17.5 Å². The fraction of sp³-hybridized carbons (Fsp3) is 0.609. The Hall–Kier alpha value is -2.12. The molecule has 4 rings (SSSR count). The number of hydrogen-bond acceptors (Lipinski definition) is 5. The van der Waals surface area contributed by atoms with E-state index < -0.39 is 5.60 Å². The minimum Gasteiger partial charge on any atom is -0.444 e.